The van der Waals surface area contributed by atoms with Gasteiger partial charge in [0.25, 0.3) is 5.91 Å². The molecule has 3 amide bonds. The van der Waals surface area contributed by atoms with Gasteiger partial charge in [0.2, 0.25) is 0 Å². The highest BCUT2D eigenvalue weighted by Crippen LogP contribution is 2.09. The van der Waals surface area contributed by atoms with Crippen LogP contribution in [0, 0.1) is 0 Å². The molecule has 0 spiro atoms. The minimum atomic E-state index is -1.10. The van der Waals surface area contributed by atoms with Gasteiger partial charge in [-0.2, -0.15) is 0 Å². The van der Waals surface area contributed by atoms with E-state index in [9.17, 15) is 14.4 Å². The van der Waals surface area contributed by atoms with Crippen molar-refractivity contribution in [1.82, 2.24) is 10.2 Å². The van der Waals surface area contributed by atoms with Crippen LogP contribution in [0.1, 0.15) is 19.8 Å². The Kier molecular flexibility index (Phi) is 3.06. The lowest BCUT2D eigenvalue weighted by atomic mass is 10.2. The normalized spacial score (nSPS) is 21.2. The van der Waals surface area contributed by atoms with Crippen LogP contribution in [0.5, 0.6) is 0 Å². The zero-order chi connectivity index (χ0) is 10.7. The van der Waals surface area contributed by atoms with Crippen LogP contribution < -0.4 is 5.32 Å². The van der Waals surface area contributed by atoms with Gasteiger partial charge in [-0.25, -0.2) is 4.79 Å². The number of carbonyl (C=O) groups excluding carboxylic acids is 2. The third kappa shape index (κ3) is 2.01. The summed E-state index contributed by atoms with van der Waals surface area (Å²) in [6, 6.07) is -1.39. The number of urea groups is 1. The molecule has 0 saturated carbocycles. The second kappa shape index (κ2) is 4.08. The van der Waals surface area contributed by atoms with E-state index >= 15 is 0 Å². The molecule has 0 aromatic carbocycles. The van der Waals surface area contributed by atoms with Crippen LogP contribution in [0.15, 0.2) is 0 Å². The lowest BCUT2D eigenvalue weighted by molar-refractivity contribution is -0.140. The van der Waals surface area contributed by atoms with Crippen LogP contribution in [-0.4, -0.2) is 40.5 Å². The Bertz CT molecular complexity index is 277. The predicted molar refractivity (Wildman–Crippen MR) is 46.6 cm³/mol. The first kappa shape index (κ1) is 10.5. The summed E-state index contributed by atoms with van der Waals surface area (Å²) in [5, 5.41) is 10.8. The van der Waals surface area contributed by atoms with E-state index in [1.807, 2.05) is 6.92 Å². The molecule has 6 heteroatoms. The Morgan fingerprint density at radius 2 is 2.21 bits per heavy atom. The van der Waals surface area contributed by atoms with E-state index < -0.39 is 23.9 Å². The molecule has 1 aliphatic heterocycles. The third-order valence-electron chi connectivity index (χ3n) is 1.93. The molecule has 1 aliphatic rings. The van der Waals surface area contributed by atoms with Crippen molar-refractivity contribution in [2.24, 2.45) is 0 Å². The van der Waals surface area contributed by atoms with Crippen molar-refractivity contribution < 1.29 is 19.5 Å². The van der Waals surface area contributed by atoms with Crippen LogP contribution in [0.25, 0.3) is 0 Å². The number of hydrogen-bond acceptors (Lipinski definition) is 3. The Morgan fingerprint density at radius 3 is 2.71 bits per heavy atom. The van der Waals surface area contributed by atoms with Crippen LogP contribution in [0.2, 0.25) is 0 Å². The maximum Gasteiger partial charge on any atom is 0.324 e. The molecule has 1 atom stereocenters. The number of aliphatic carboxylic acids is 1. The minimum absolute atomic E-state index is 0.334. The fraction of sp³-hybridized carbons (Fsp3) is 0.625. The summed E-state index contributed by atoms with van der Waals surface area (Å²) in [5.41, 5.74) is 0. The molecule has 0 aromatic heterocycles. The second-order valence-corrected chi connectivity index (χ2v) is 3.09. The SMILES string of the molecule is CCCN1C(=O)NC(CC(=O)O)C1=O. The van der Waals surface area contributed by atoms with Gasteiger partial charge in [0.05, 0.1) is 6.42 Å². The van der Waals surface area contributed by atoms with E-state index in [-0.39, 0.29) is 6.42 Å². The molecule has 14 heavy (non-hydrogen) atoms. The fourth-order valence-electron chi connectivity index (χ4n) is 1.33. The van der Waals surface area contributed by atoms with E-state index in [1.54, 1.807) is 0 Å². The smallest absolute Gasteiger partial charge is 0.324 e. The van der Waals surface area contributed by atoms with Gasteiger partial charge in [0.1, 0.15) is 6.04 Å². The molecular weight excluding hydrogens is 188 g/mol. The van der Waals surface area contributed by atoms with Gasteiger partial charge in [-0.1, -0.05) is 6.92 Å². The highest BCUT2D eigenvalue weighted by Gasteiger charge is 2.38. The summed E-state index contributed by atoms with van der Waals surface area (Å²) >= 11 is 0. The minimum Gasteiger partial charge on any atom is -0.481 e. The van der Waals surface area contributed by atoms with Gasteiger partial charge in [-0.3, -0.25) is 14.5 Å². The number of nitrogens with one attached hydrogen (secondary N) is 1. The fourth-order valence-corrected chi connectivity index (χ4v) is 1.33. The molecule has 0 bridgehead atoms. The monoisotopic (exact) mass is 200 g/mol. The van der Waals surface area contributed by atoms with Crippen LogP contribution in [0.3, 0.4) is 0 Å². The third-order valence-corrected chi connectivity index (χ3v) is 1.93. The van der Waals surface area contributed by atoms with Crippen molar-refractivity contribution in [2.45, 2.75) is 25.8 Å². The van der Waals surface area contributed by atoms with E-state index in [4.69, 9.17) is 5.11 Å². The number of amides is 3. The first-order valence-corrected chi connectivity index (χ1v) is 4.40. The summed E-state index contributed by atoms with van der Waals surface area (Å²) < 4.78 is 0. The molecule has 1 unspecified atom stereocenters. The number of carbonyl (C=O) groups is 3. The van der Waals surface area contributed by atoms with Crippen molar-refractivity contribution in [2.75, 3.05) is 6.54 Å². The number of imide groups is 1. The topological polar surface area (TPSA) is 86.7 Å². The molecule has 1 rings (SSSR count). The van der Waals surface area contributed by atoms with Gasteiger partial charge in [0, 0.05) is 6.54 Å². The molecule has 1 fully saturated rings. The van der Waals surface area contributed by atoms with E-state index in [2.05, 4.69) is 5.32 Å². The Morgan fingerprint density at radius 1 is 1.57 bits per heavy atom. The average Bonchev–Trinajstić information content (AvgIpc) is 2.32. The average molecular weight is 200 g/mol. The molecule has 2 N–H and O–H groups in total. The first-order chi connectivity index (χ1) is 6.56. The highest BCUT2D eigenvalue weighted by molar-refractivity contribution is 6.05. The van der Waals surface area contributed by atoms with E-state index in [1.165, 1.54) is 0 Å². The molecule has 0 aliphatic carbocycles. The van der Waals surface area contributed by atoms with Crippen LogP contribution >= 0.6 is 0 Å². The largest absolute Gasteiger partial charge is 0.481 e. The molecule has 0 radical (unpaired) electrons. The molecule has 0 aromatic rings. The summed E-state index contributed by atoms with van der Waals surface area (Å²) in [4.78, 5) is 34.0. The van der Waals surface area contributed by atoms with Crippen molar-refractivity contribution in [3.63, 3.8) is 0 Å². The van der Waals surface area contributed by atoms with Gasteiger partial charge in [-0.05, 0) is 6.42 Å². The number of nitrogens with zero attached hydrogens (tertiary/aromatic N) is 1. The van der Waals surface area contributed by atoms with Gasteiger partial charge < -0.3 is 10.4 Å². The number of hydrogen-bond donors (Lipinski definition) is 2. The first-order valence-electron chi connectivity index (χ1n) is 4.40. The summed E-state index contributed by atoms with van der Waals surface area (Å²) in [6.07, 6.45) is 0.309. The zero-order valence-electron chi connectivity index (χ0n) is 7.82. The molecule has 1 heterocycles. The quantitative estimate of drug-likeness (QED) is 0.615. The Labute approximate surface area is 80.9 Å². The van der Waals surface area contributed by atoms with Crippen LogP contribution in [-0.2, 0) is 9.59 Å². The zero-order valence-corrected chi connectivity index (χ0v) is 7.82. The highest BCUT2D eigenvalue weighted by atomic mass is 16.4. The predicted octanol–water partition coefficient (Wildman–Crippen LogP) is -0.209. The van der Waals surface area contributed by atoms with Crippen LogP contribution in [0.4, 0.5) is 4.79 Å². The molecule has 1 saturated heterocycles. The van der Waals surface area contributed by atoms with Crippen molar-refractivity contribution in [1.29, 1.82) is 0 Å². The van der Waals surface area contributed by atoms with Gasteiger partial charge in [-0.15, -0.1) is 0 Å². The lowest BCUT2D eigenvalue weighted by Gasteiger charge is -2.10. The van der Waals surface area contributed by atoms with Gasteiger partial charge >= 0.3 is 12.0 Å². The second-order valence-electron chi connectivity index (χ2n) is 3.09. The number of carboxylic acid groups (broad SMARTS) is 1. The maximum absolute atomic E-state index is 11.4. The van der Waals surface area contributed by atoms with E-state index in [0.717, 1.165) is 4.90 Å². The number of rotatable bonds is 4. The Balaban J connectivity index is 2.64. The molecule has 78 valence electrons. The summed E-state index contributed by atoms with van der Waals surface area (Å²) in [6.45, 7) is 2.17. The lowest BCUT2D eigenvalue weighted by Crippen LogP contribution is -2.33. The van der Waals surface area contributed by atoms with Crippen molar-refractivity contribution >= 4 is 17.9 Å². The van der Waals surface area contributed by atoms with Crippen molar-refractivity contribution in [3.05, 3.63) is 0 Å². The standard InChI is InChI=1S/C8H12N2O4/c1-2-3-10-7(13)5(4-6(11)12)9-8(10)14/h5H,2-4H2,1H3,(H,9,14)(H,11,12). The summed E-state index contributed by atoms with van der Waals surface area (Å²) in [5.74, 6) is -1.54. The van der Waals surface area contributed by atoms with Crippen molar-refractivity contribution in [3.8, 4) is 0 Å². The van der Waals surface area contributed by atoms with Gasteiger partial charge in [0.15, 0.2) is 0 Å². The Hall–Kier alpha value is -1.59. The molecular formula is C8H12N2O4. The summed E-state index contributed by atoms with van der Waals surface area (Å²) in [7, 11) is 0. The molecule has 6 nitrogen and oxygen atoms in total. The maximum atomic E-state index is 11.4. The van der Waals surface area contributed by atoms with E-state index in [0.29, 0.717) is 13.0 Å². The number of carboxylic acids is 1.